The monoisotopic (exact) mass is 426 g/mol. The van der Waals surface area contributed by atoms with Crippen LogP contribution in [0.15, 0.2) is 18.2 Å². The highest BCUT2D eigenvalue weighted by Crippen LogP contribution is 2.38. The second-order valence-corrected chi connectivity index (χ2v) is 6.36. The average Bonchev–Trinajstić information content (AvgIpc) is 2.91. The van der Waals surface area contributed by atoms with Gasteiger partial charge in [-0.1, -0.05) is 34.7 Å². The van der Waals surface area contributed by atoms with E-state index >= 15 is 0 Å². The van der Waals surface area contributed by atoms with E-state index in [0.29, 0.717) is 37.2 Å². The number of alkyl halides is 1. The van der Waals surface area contributed by atoms with Gasteiger partial charge in [-0.2, -0.15) is 5.01 Å². The summed E-state index contributed by atoms with van der Waals surface area (Å²) in [5.74, 6) is 1.99. The van der Waals surface area contributed by atoms with Gasteiger partial charge in [0.05, 0.1) is 13.2 Å². The van der Waals surface area contributed by atoms with Gasteiger partial charge in [-0.05, 0) is 12.5 Å². The molecule has 6 nitrogen and oxygen atoms in total. The lowest BCUT2D eigenvalue weighted by atomic mass is 10.1. The summed E-state index contributed by atoms with van der Waals surface area (Å²) in [6, 6.07) is 5.41. The molecule has 0 saturated carbocycles. The molecule has 23 heavy (non-hydrogen) atoms. The van der Waals surface area contributed by atoms with Crippen molar-refractivity contribution in [3.63, 3.8) is 0 Å². The molecule has 0 spiro atoms. The van der Waals surface area contributed by atoms with Crippen LogP contribution in [-0.2, 0) is 20.9 Å². The molecule has 0 unspecified atom stereocenters. The summed E-state index contributed by atoms with van der Waals surface area (Å²) in [6.45, 7) is 0.813. The van der Waals surface area contributed by atoms with Crippen LogP contribution in [0, 0.1) is 0 Å². The number of rotatable bonds is 4. The number of amides is 2. The number of imide groups is 1. The van der Waals surface area contributed by atoms with Gasteiger partial charge in [0.1, 0.15) is 11.4 Å². The van der Waals surface area contributed by atoms with Gasteiger partial charge in [-0.25, -0.2) is 4.79 Å². The molecule has 1 saturated heterocycles. The van der Waals surface area contributed by atoms with E-state index in [0.717, 1.165) is 15.0 Å². The molecule has 0 N–H and O–H groups in total. The topological polar surface area (TPSA) is 66.9 Å². The number of benzene rings is 1. The number of ether oxygens (including phenoxy) is 1. The lowest BCUT2D eigenvalue weighted by Crippen LogP contribution is -2.49. The van der Waals surface area contributed by atoms with Crippen LogP contribution in [0.1, 0.15) is 30.4 Å². The number of carbonyl (C=O) groups excluding carboxylic acids is 3. The Morgan fingerprint density at radius 3 is 2.61 bits per heavy atom. The number of nitrogens with zero attached hydrogens (tertiary/aromatic N) is 2. The molecular weight excluding hydrogens is 411 g/mol. The van der Waals surface area contributed by atoms with Crippen molar-refractivity contribution in [2.75, 3.05) is 11.0 Å². The fourth-order valence-electron chi connectivity index (χ4n) is 2.89. The van der Waals surface area contributed by atoms with Crippen molar-refractivity contribution in [2.45, 2.75) is 25.8 Å². The summed E-state index contributed by atoms with van der Waals surface area (Å²) in [7, 11) is 0. The van der Waals surface area contributed by atoms with Crippen LogP contribution in [-0.4, -0.2) is 38.8 Å². The second-order valence-electron chi connectivity index (χ2n) is 5.28. The molecule has 2 heterocycles. The smallest absolute Gasteiger partial charge is 0.248 e. The maximum absolute atomic E-state index is 12.1. The molecule has 0 aliphatic carbocycles. The molecule has 2 amide bonds. The van der Waals surface area contributed by atoms with Gasteiger partial charge in [0.2, 0.25) is 11.8 Å². The second kappa shape index (κ2) is 6.72. The maximum Gasteiger partial charge on any atom is 0.248 e. The minimum atomic E-state index is -0.281. The minimum absolute atomic E-state index is 0.212. The average molecular weight is 426 g/mol. The summed E-state index contributed by atoms with van der Waals surface area (Å²) < 4.78 is 6.55. The molecule has 0 aromatic heterocycles. The van der Waals surface area contributed by atoms with Gasteiger partial charge in [-0.3, -0.25) is 14.6 Å². The molecule has 120 valence electrons. The van der Waals surface area contributed by atoms with Crippen molar-refractivity contribution < 1.29 is 19.1 Å². The van der Waals surface area contributed by atoms with Crippen LogP contribution in [0.4, 0.5) is 0 Å². The molecular formula is C16H15IN2O4. The fourth-order valence-corrected chi connectivity index (χ4v) is 3.11. The van der Waals surface area contributed by atoms with Crippen molar-refractivity contribution in [2.24, 2.45) is 0 Å². The van der Waals surface area contributed by atoms with Crippen LogP contribution in [0.3, 0.4) is 0 Å². The van der Waals surface area contributed by atoms with Crippen molar-refractivity contribution in [3.05, 3.63) is 29.3 Å². The lowest BCUT2D eigenvalue weighted by molar-refractivity contribution is -0.162. The van der Waals surface area contributed by atoms with Crippen molar-refractivity contribution in [3.8, 4) is 5.75 Å². The Labute approximate surface area is 147 Å². The van der Waals surface area contributed by atoms with E-state index < -0.39 is 0 Å². The SMILES string of the molecule is O=C=C1c2cccc(OCCI)c2CN1N1C(=O)CCCC1=O. The van der Waals surface area contributed by atoms with Gasteiger partial charge in [0.25, 0.3) is 0 Å². The molecule has 1 aromatic carbocycles. The van der Waals surface area contributed by atoms with Gasteiger partial charge in [-0.15, -0.1) is 0 Å². The van der Waals surface area contributed by atoms with Crippen LogP contribution < -0.4 is 4.74 Å². The third-order valence-electron chi connectivity index (χ3n) is 3.88. The summed E-state index contributed by atoms with van der Waals surface area (Å²) in [5, 5.41) is 2.52. The van der Waals surface area contributed by atoms with E-state index in [-0.39, 0.29) is 24.1 Å². The van der Waals surface area contributed by atoms with Crippen LogP contribution in [0.25, 0.3) is 5.70 Å². The predicted octanol–water partition coefficient (Wildman–Crippen LogP) is 1.94. The first-order valence-corrected chi connectivity index (χ1v) is 8.89. The zero-order valence-electron chi connectivity index (χ0n) is 12.4. The maximum atomic E-state index is 12.1. The third-order valence-corrected chi connectivity index (χ3v) is 4.32. The molecule has 1 aromatic rings. The van der Waals surface area contributed by atoms with Gasteiger partial charge >= 0.3 is 0 Å². The van der Waals surface area contributed by atoms with Gasteiger partial charge < -0.3 is 4.74 Å². The van der Waals surface area contributed by atoms with E-state index in [1.807, 2.05) is 12.0 Å². The summed E-state index contributed by atoms with van der Waals surface area (Å²) in [6.07, 6.45) is 1.17. The Balaban J connectivity index is 1.98. The minimum Gasteiger partial charge on any atom is -0.492 e. The highest BCUT2D eigenvalue weighted by molar-refractivity contribution is 14.1. The summed E-state index contributed by atoms with van der Waals surface area (Å²) >= 11 is 2.22. The summed E-state index contributed by atoms with van der Waals surface area (Å²) in [4.78, 5) is 35.8. The largest absolute Gasteiger partial charge is 0.492 e. The Kier molecular flexibility index (Phi) is 4.68. The first-order valence-electron chi connectivity index (χ1n) is 7.36. The Morgan fingerprint density at radius 2 is 1.96 bits per heavy atom. The Morgan fingerprint density at radius 1 is 1.22 bits per heavy atom. The molecule has 0 radical (unpaired) electrons. The summed E-state index contributed by atoms with van der Waals surface area (Å²) in [5.41, 5.74) is 1.68. The van der Waals surface area contributed by atoms with Crippen molar-refractivity contribution in [1.29, 1.82) is 0 Å². The van der Waals surface area contributed by atoms with E-state index in [2.05, 4.69) is 22.6 Å². The molecule has 3 rings (SSSR count). The first-order chi connectivity index (χ1) is 11.2. The Bertz CT molecular complexity index is 696. The number of hydrazine groups is 1. The van der Waals surface area contributed by atoms with Crippen molar-refractivity contribution >= 4 is 46.0 Å². The standard InChI is InChI=1S/C16H15IN2O4/c17-7-8-23-14-4-1-3-11-12(14)9-18(13(11)10-20)19-15(21)5-2-6-16(19)22/h1,3-4H,2,5-9H2. The highest BCUT2D eigenvalue weighted by atomic mass is 127. The predicted molar refractivity (Wildman–Crippen MR) is 91.2 cm³/mol. The number of halogens is 1. The Hall–Kier alpha value is -1.86. The van der Waals surface area contributed by atoms with E-state index in [1.165, 1.54) is 5.01 Å². The molecule has 0 bridgehead atoms. The van der Waals surface area contributed by atoms with Crippen LogP contribution in [0.5, 0.6) is 5.75 Å². The number of carbonyl (C=O) groups is 2. The van der Waals surface area contributed by atoms with Crippen LogP contribution in [0.2, 0.25) is 0 Å². The molecule has 7 heteroatoms. The molecule has 1 fully saturated rings. The van der Waals surface area contributed by atoms with Gasteiger partial charge in [0.15, 0.2) is 5.94 Å². The quantitative estimate of drug-likeness (QED) is 0.319. The van der Waals surface area contributed by atoms with Crippen LogP contribution >= 0.6 is 22.6 Å². The third kappa shape index (κ3) is 2.86. The molecule has 0 atom stereocenters. The zero-order chi connectivity index (χ0) is 16.4. The lowest BCUT2D eigenvalue weighted by Gasteiger charge is -2.33. The van der Waals surface area contributed by atoms with E-state index in [9.17, 15) is 14.4 Å². The normalized spacial score (nSPS) is 17.3. The first kappa shape index (κ1) is 16.0. The zero-order valence-corrected chi connectivity index (χ0v) is 14.5. The number of fused-ring (bicyclic) bond motifs is 1. The van der Waals surface area contributed by atoms with Crippen molar-refractivity contribution in [1.82, 2.24) is 10.0 Å². The number of hydrogen-bond acceptors (Lipinski definition) is 5. The molecule has 2 aliphatic heterocycles. The van der Waals surface area contributed by atoms with Gasteiger partial charge in [0, 0.05) is 28.4 Å². The molecule has 2 aliphatic rings. The van der Waals surface area contributed by atoms with E-state index in [4.69, 9.17) is 4.74 Å². The fraction of sp³-hybridized carbons (Fsp3) is 0.375. The number of piperidine rings is 1. The highest BCUT2D eigenvalue weighted by Gasteiger charge is 2.38. The van der Waals surface area contributed by atoms with E-state index in [1.54, 1.807) is 12.1 Å². The number of hydrogen-bond donors (Lipinski definition) is 0.